The Morgan fingerprint density at radius 2 is 1.69 bits per heavy atom. The predicted molar refractivity (Wildman–Crippen MR) is 62.3 cm³/mol. The maximum absolute atomic E-state index is 11.7. The fraction of sp³-hybridized carbons (Fsp3) is 0.818. The van der Waals surface area contributed by atoms with Gasteiger partial charge in [0.2, 0.25) is 0 Å². The molecule has 0 fully saturated rings. The molecule has 5 heteroatoms. The number of nitrogens with one attached hydrogen (secondary N) is 1. The van der Waals surface area contributed by atoms with Crippen molar-refractivity contribution in [1.29, 1.82) is 0 Å². The predicted octanol–water partition coefficient (Wildman–Crippen LogP) is 1.54. The normalized spacial score (nSPS) is 13.1. The molecule has 0 aromatic rings. The average Bonchev–Trinajstić information content (AvgIpc) is 2.13. The molecule has 0 radical (unpaired) electrons. The molecule has 0 saturated heterocycles. The van der Waals surface area contributed by atoms with Gasteiger partial charge in [-0.1, -0.05) is 20.8 Å². The van der Waals surface area contributed by atoms with Gasteiger partial charge in [0.15, 0.2) is 0 Å². The second kappa shape index (κ2) is 5.72. The van der Waals surface area contributed by atoms with Gasteiger partial charge >= 0.3 is 12.0 Å². The molecular weight excluding hydrogens is 208 g/mol. The van der Waals surface area contributed by atoms with Gasteiger partial charge in [0.1, 0.15) is 6.04 Å². The number of rotatable bonds is 4. The minimum Gasteiger partial charge on any atom is -0.480 e. The summed E-state index contributed by atoms with van der Waals surface area (Å²) in [5, 5.41) is 11.6. The van der Waals surface area contributed by atoms with E-state index in [0.29, 0.717) is 13.1 Å². The minimum absolute atomic E-state index is 0.327. The summed E-state index contributed by atoms with van der Waals surface area (Å²) in [7, 11) is 0. The molecule has 2 N–H and O–H groups in total. The number of amides is 2. The van der Waals surface area contributed by atoms with E-state index in [0.717, 1.165) is 0 Å². The zero-order chi connectivity index (χ0) is 12.9. The molecule has 0 aliphatic carbocycles. The number of urea groups is 1. The van der Waals surface area contributed by atoms with Crippen LogP contribution in [0.15, 0.2) is 0 Å². The van der Waals surface area contributed by atoms with Crippen LogP contribution in [0.4, 0.5) is 4.79 Å². The molecule has 0 aliphatic heterocycles. The molecule has 0 aromatic carbocycles. The summed E-state index contributed by atoms with van der Waals surface area (Å²) in [6, 6.07) is -1.20. The number of hydrogen-bond donors (Lipinski definition) is 2. The molecule has 0 saturated carbocycles. The van der Waals surface area contributed by atoms with E-state index in [1.165, 1.54) is 0 Å². The van der Waals surface area contributed by atoms with Crippen molar-refractivity contribution in [3.8, 4) is 0 Å². The zero-order valence-electron chi connectivity index (χ0n) is 10.7. The summed E-state index contributed by atoms with van der Waals surface area (Å²) >= 11 is 0. The van der Waals surface area contributed by atoms with E-state index in [1.54, 1.807) is 25.7 Å². The van der Waals surface area contributed by atoms with Gasteiger partial charge in [-0.05, 0) is 19.3 Å². The molecular formula is C11H22N2O3. The van der Waals surface area contributed by atoms with Crippen LogP contribution in [0.1, 0.15) is 34.6 Å². The lowest BCUT2D eigenvalue weighted by Crippen LogP contribution is -2.53. The number of carbonyl (C=O) groups is 2. The van der Waals surface area contributed by atoms with E-state index < -0.39 is 17.4 Å². The molecule has 16 heavy (non-hydrogen) atoms. The molecule has 0 heterocycles. The maximum atomic E-state index is 11.7. The summed E-state index contributed by atoms with van der Waals surface area (Å²) in [6.45, 7) is 10.2. The van der Waals surface area contributed by atoms with E-state index in [9.17, 15) is 9.59 Å². The van der Waals surface area contributed by atoms with Gasteiger partial charge in [0.25, 0.3) is 0 Å². The topological polar surface area (TPSA) is 69.6 Å². The van der Waals surface area contributed by atoms with Crippen LogP contribution in [0, 0.1) is 5.41 Å². The Balaban J connectivity index is 4.65. The lowest BCUT2D eigenvalue weighted by atomic mass is 9.87. The van der Waals surface area contributed by atoms with E-state index >= 15 is 0 Å². The third kappa shape index (κ3) is 4.08. The Morgan fingerprint density at radius 3 is 1.94 bits per heavy atom. The van der Waals surface area contributed by atoms with Crippen molar-refractivity contribution in [2.24, 2.45) is 5.41 Å². The van der Waals surface area contributed by atoms with Crippen molar-refractivity contribution in [2.75, 3.05) is 13.1 Å². The van der Waals surface area contributed by atoms with Crippen molar-refractivity contribution in [2.45, 2.75) is 40.7 Å². The van der Waals surface area contributed by atoms with Crippen molar-refractivity contribution < 1.29 is 14.7 Å². The SMILES string of the molecule is CCN(CC)C(=O)N[C@@H](C(=O)O)C(C)(C)C. The highest BCUT2D eigenvalue weighted by Gasteiger charge is 2.33. The van der Waals surface area contributed by atoms with Crippen molar-refractivity contribution in [1.82, 2.24) is 10.2 Å². The van der Waals surface area contributed by atoms with Crippen LogP contribution in [-0.4, -0.2) is 41.1 Å². The van der Waals surface area contributed by atoms with Gasteiger partial charge in [0.05, 0.1) is 0 Å². The molecule has 1 atom stereocenters. The molecule has 0 aromatic heterocycles. The van der Waals surface area contributed by atoms with Crippen LogP contribution in [0.2, 0.25) is 0 Å². The smallest absolute Gasteiger partial charge is 0.326 e. The van der Waals surface area contributed by atoms with Gasteiger partial charge in [-0.15, -0.1) is 0 Å². The number of hydrogen-bond acceptors (Lipinski definition) is 2. The summed E-state index contributed by atoms with van der Waals surface area (Å²) in [5.74, 6) is -1.01. The fourth-order valence-corrected chi connectivity index (χ4v) is 1.37. The Kier molecular flexibility index (Phi) is 5.27. The lowest BCUT2D eigenvalue weighted by molar-refractivity contribution is -0.142. The zero-order valence-corrected chi connectivity index (χ0v) is 10.7. The number of carbonyl (C=O) groups excluding carboxylic acids is 1. The van der Waals surface area contributed by atoms with E-state index in [1.807, 2.05) is 13.8 Å². The molecule has 0 aliphatic rings. The first-order valence-electron chi connectivity index (χ1n) is 5.52. The summed E-state index contributed by atoms with van der Waals surface area (Å²) in [6.07, 6.45) is 0. The second-order valence-corrected chi connectivity index (χ2v) is 4.76. The van der Waals surface area contributed by atoms with Crippen LogP contribution in [0.5, 0.6) is 0 Å². The Bertz CT molecular complexity index is 254. The Hall–Kier alpha value is -1.26. The van der Waals surface area contributed by atoms with E-state index in [4.69, 9.17) is 5.11 Å². The number of nitrogens with zero attached hydrogens (tertiary/aromatic N) is 1. The quantitative estimate of drug-likeness (QED) is 0.769. The third-order valence-corrected chi connectivity index (χ3v) is 2.43. The van der Waals surface area contributed by atoms with Crippen molar-refractivity contribution in [3.63, 3.8) is 0 Å². The first-order valence-corrected chi connectivity index (χ1v) is 5.52. The van der Waals surface area contributed by atoms with Crippen molar-refractivity contribution >= 4 is 12.0 Å². The van der Waals surface area contributed by atoms with Crippen LogP contribution >= 0.6 is 0 Å². The molecule has 94 valence electrons. The minimum atomic E-state index is -1.01. The summed E-state index contributed by atoms with van der Waals surface area (Å²) in [5.41, 5.74) is -0.505. The largest absolute Gasteiger partial charge is 0.480 e. The van der Waals surface area contributed by atoms with Gasteiger partial charge < -0.3 is 15.3 Å². The number of carboxylic acids is 1. The highest BCUT2D eigenvalue weighted by atomic mass is 16.4. The summed E-state index contributed by atoms with van der Waals surface area (Å²) < 4.78 is 0. The van der Waals surface area contributed by atoms with Crippen LogP contribution in [0.25, 0.3) is 0 Å². The van der Waals surface area contributed by atoms with Crippen LogP contribution in [0.3, 0.4) is 0 Å². The summed E-state index contributed by atoms with van der Waals surface area (Å²) in [4.78, 5) is 24.3. The molecule has 2 amide bonds. The van der Waals surface area contributed by atoms with Gasteiger partial charge in [0, 0.05) is 13.1 Å². The van der Waals surface area contributed by atoms with Crippen LogP contribution < -0.4 is 5.32 Å². The molecule has 0 spiro atoms. The van der Waals surface area contributed by atoms with E-state index in [2.05, 4.69) is 5.32 Å². The first kappa shape index (κ1) is 14.7. The van der Waals surface area contributed by atoms with Crippen LogP contribution in [-0.2, 0) is 4.79 Å². The highest BCUT2D eigenvalue weighted by Crippen LogP contribution is 2.19. The van der Waals surface area contributed by atoms with Gasteiger partial charge in [-0.25, -0.2) is 9.59 Å². The Labute approximate surface area is 96.8 Å². The number of carboxylic acid groups (broad SMARTS) is 1. The molecule has 0 rings (SSSR count). The highest BCUT2D eigenvalue weighted by molar-refractivity contribution is 5.83. The monoisotopic (exact) mass is 230 g/mol. The lowest BCUT2D eigenvalue weighted by Gasteiger charge is -2.30. The van der Waals surface area contributed by atoms with Gasteiger partial charge in [-0.2, -0.15) is 0 Å². The maximum Gasteiger partial charge on any atom is 0.326 e. The standard InChI is InChI=1S/C11H22N2O3/c1-6-13(7-2)10(16)12-8(9(14)15)11(3,4)5/h8H,6-7H2,1-5H3,(H,12,16)(H,14,15)/t8-/m0/s1. The van der Waals surface area contributed by atoms with Crippen molar-refractivity contribution in [3.05, 3.63) is 0 Å². The second-order valence-electron chi connectivity index (χ2n) is 4.76. The average molecular weight is 230 g/mol. The molecule has 5 nitrogen and oxygen atoms in total. The molecule has 0 unspecified atom stereocenters. The fourth-order valence-electron chi connectivity index (χ4n) is 1.37. The first-order chi connectivity index (χ1) is 7.23. The number of aliphatic carboxylic acids is 1. The van der Waals surface area contributed by atoms with E-state index in [-0.39, 0.29) is 6.03 Å². The van der Waals surface area contributed by atoms with Gasteiger partial charge in [-0.3, -0.25) is 0 Å². The Morgan fingerprint density at radius 1 is 1.25 bits per heavy atom. The third-order valence-electron chi connectivity index (χ3n) is 2.43. The molecule has 0 bridgehead atoms.